The maximum Gasteiger partial charge on any atom is 0.227 e. The lowest BCUT2D eigenvalue weighted by Crippen LogP contribution is -2.48. The molecule has 1 atom stereocenters. The van der Waals surface area contributed by atoms with Gasteiger partial charge in [0.05, 0.1) is 5.41 Å². The van der Waals surface area contributed by atoms with E-state index in [1.54, 1.807) is 0 Å². The van der Waals surface area contributed by atoms with E-state index >= 15 is 0 Å². The standard InChI is InChI=1S/C19H31N3O.2ClH/c1-4-22(5-2)14-17-10-7-6-9-16(17)13-21-18(23)19(3)11-8-12-20-15-19;;/h6-7,9-10,20H,4-5,8,11-15H2,1-3H3,(H,21,23);2*1H. The van der Waals surface area contributed by atoms with Crippen molar-refractivity contribution in [2.24, 2.45) is 5.41 Å². The number of carbonyl (C=O) groups excluding carboxylic acids is 1. The molecule has 0 aliphatic carbocycles. The first-order valence-corrected chi connectivity index (χ1v) is 8.87. The Labute approximate surface area is 164 Å². The molecule has 4 nitrogen and oxygen atoms in total. The van der Waals surface area contributed by atoms with Crippen LogP contribution in [0.3, 0.4) is 0 Å². The van der Waals surface area contributed by atoms with Gasteiger partial charge in [0.25, 0.3) is 0 Å². The van der Waals surface area contributed by atoms with Crippen molar-refractivity contribution in [1.29, 1.82) is 0 Å². The zero-order chi connectivity index (χ0) is 16.7. The van der Waals surface area contributed by atoms with Crippen LogP contribution in [0.5, 0.6) is 0 Å². The van der Waals surface area contributed by atoms with E-state index in [0.717, 1.165) is 45.6 Å². The number of nitrogens with zero attached hydrogens (tertiary/aromatic N) is 1. The van der Waals surface area contributed by atoms with E-state index in [1.165, 1.54) is 11.1 Å². The summed E-state index contributed by atoms with van der Waals surface area (Å²) in [5, 5.41) is 6.50. The van der Waals surface area contributed by atoms with Crippen LogP contribution in [0.4, 0.5) is 0 Å². The summed E-state index contributed by atoms with van der Waals surface area (Å²) in [6.45, 7) is 11.9. The Morgan fingerprint density at radius 1 is 1.20 bits per heavy atom. The minimum Gasteiger partial charge on any atom is -0.352 e. The highest BCUT2D eigenvalue weighted by Crippen LogP contribution is 2.25. The zero-order valence-corrected chi connectivity index (χ0v) is 17.3. The third-order valence-electron chi connectivity index (χ3n) is 4.99. The summed E-state index contributed by atoms with van der Waals surface area (Å²) in [5.41, 5.74) is 2.26. The third-order valence-corrected chi connectivity index (χ3v) is 4.99. The SMILES string of the molecule is CCN(CC)Cc1ccccc1CNC(=O)C1(C)CCCNC1.Cl.Cl. The molecular formula is C19H33Cl2N3O. The van der Waals surface area contributed by atoms with E-state index in [0.29, 0.717) is 6.54 Å². The van der Waals surface area contributed by atoms with Gasteiger partial charge in [-0.25, -0.2) is 0 Å². The van der Waals surface area contributed by atoms with E-state index in [1.807, 2.05) is 0 Å². The summed E-state index contributed by atoms with van der Waals surface area (Å²) in [5.74, 6) is 0.169. The molecule has 25 heavy (non-hydrogen) atoms. The fourth-order valence-electron chi connectivity index (χ4n) is 3.21. The first-order chi connectivity index (χ1) is 11.1. The van der Waals surface area contributed by atoms with Crippen LogP contribution in [0.2, 0.25) is 0 Å². The number of halogens is 2. The van der Waals surface area contributed by atoms with Crippen LogP contribution >= 0.6 is 24.8 Å². The molecule has 0 saturated carbocycles. The Morgan fingerprint density at radius 2 is 1.84 bits per heavy atom. The Hall–Kier alpha value is -0.810. The van der Waals surface area contributed by atoms with Gasteiger partial charge in [-0.2, -0.15) is 0 Å². The molecule has 1 aliphatic heterocycles. The minimum atomic E-state index is -0.272. The number of hydrogen-bond donors (Lipinski definition) is 2. The second kappa shape index (κ2) is 11.7. The van der Waals surface area contributed by atoms with Crippen molar-refractivity contribution in [1.82, 2.24) is 15.5 Å². The van der Waals surface area contributed by atoms with Gasteiger partial charge in [0.15, 0.2) is 0 Å². The summed E-state index contributed by atoms with van der Waals surface area (Å²) in [6, 6.07) is 8.43. The van der Waals surface area contributed by atoms with E-state index in [4.69, 9.17) is 0 Å². The maximum absolute atomic E-state index is 12.6. The molecule has 0 aromatic heterocycles. The molecular weight excluding hydrogens is 357 g/mol. The first kappa shape index (κ1) is 24.2. The third kappa shape index (κ3) is 6.78. The number of piperidine rings is 1. The number of amides is 1. The molecule has 1 amide bonds. The van der Waals surface area contributed by atoms with Crippen LogP contribution in [-0.4, -0.2) is 37.0 Å². The van der Waals surface area contributed by atoms with Gasteiger partial charge in [-0.3, -0.25) is 9.69 Å². The molecule has 1 unspecified atom stereocenters. The summed E-state index contributed by atoms with van der Waals surface area (Å²) < 4.78 is 0. The Bertz CT molecular complexity index is 515. The molecule has 2 N–H and O–H groups in total. The average molecular weight is 390 g/mol. The lowest BCUT2D eigenvalue weighted by atomic mass is 9.82. The van der Waals surface area contributed by atoms with Gasteiger partial charge < -0.3 is 10.6 Å². The molecule has 1 aromatic carbocycles. The molecule has 6 heteroatoms. The largest absolute Gasteiger partial charge is 0.352 e. The van der Waals surface area contributed by atoms with E-state index in [2.05, 4.69) is 60.6 Å². The lowest BCUT2D eigenvalue weighted by molar-refractivity contribution is -0.131. The van der Waals surface area contributed by atoms with Gasteiger partial charge >= 0.3 is 0 Å². The van der Waals surface area contributed by atoms with Crippen LogP contribution in [0.25, 0.3) is 0 Å². The predicted molar refractivity (Wildman–Crippen MR) is 110 cm³/mol. The highest BCUT2D eigenvalue weighted by Gasteiger charge is 2.34. The highest BCUT2D eigenvalue weighted by molar-refractivity contribution is 5.85. The van der Waals surface area contributed by atoms with Gasteiger partial charge in [0, 0.05) is 19.6 Å². The number of benzene rings is 1. The summed E-state index contributed by atoms with van der Waals surface area (Å²) in [4.78, 5) is 15.0. The van der Waals surface area contributed by atoms with E-state index in [9.17, 15) is 4.79 Å². The molecule has 2 rings (SSSR count). The normalized spacial score (nSPS) is 19.7. The van der Waals surface area contributed by atoms with E-state index < -0.39 is 0 Å². The van der Waals surface area contributed by atoms with Crippen molar-refractivity contribution in [3.63, 3.8) is 0 Å². The van der Waals surface area contributed by atoms with Crippen molar-refractivity contribution in [3.05, 3.63) is 35.4 Å². The topological polar surface area (TPSA) is 44.4 Å². The Morgan fingerprint density at radius 3 is 2.40 bits per heavy atom. The second-order valence-corrected chi connectivity index (χ2v) is 6.75. The van der Waals surface area contributed by atoms with Crippen molar-refractivity contribution in [2.45, 2.75) is 46.7 Å². The molecule has 0 spiro atoms. The summed E-state index contributed by atoms with van der Waals surface area (Å²) in [7, 11) is 0. The van der Waals surface area contributed by atoms with Crippen LogP contribution in [0.15, 0.2) is 24.3 Å². The van der Waals surface area contributed by atoms with E-state index in [-0.39, 0.29) is 36.1 Å². The van der Waals surface area contributed by atoms with Crippen molar-refractivity contribution in [2.75, 3.05) is 26.2 Å². The number of rotatable bonds is 7. The summed E-state index contributed by atoms with van der Waals surface area (Å²) in [6.07, 6.45) is 2.04. The average Bonchev–Trinajstić information content (AvgIpc) is 2.59. The quantitative estimate of drug-likeness (QED) is 0.750. The highest BCUT2D eigenvalue weighted by atomic mass is 35.5. The molecule has 0 bridgehead atoms. The van der Waals surface area contributed by atoms with Gasteiger partial charge in [0.2, 0.25) is 5.91 Å². The molecule has 1 aliphatic rings. The van der Waals surface area contributed by atoms with Gasteiger partial charge in [-0.05, 0) is 50.5 Å². The minimum absolute atomic E-state index is 0. The molecule has 144 valence electrons. The van der Waals surface area contributed by atoms with Gasteiger partial charge in [0.1, 0.15) is 0 Å². The van der Waals surface area contributed by atoms with Gasteiger partial charge in [-0.1, -0.05) is 38.1 Å². The van der Waals surface area contributed by atoms with Crippen molar-refractivity contribution < 1.29 is 4.79 Å². The predicted octanol–water partition coefficient (Wildman–Crippen LogP) is 3.38. The first-order valence-electron chi connectivity index (χ1n) is 8.87. The lowest BCUT2D eigenvalue weighted by Gasteiger charge is -2.32. The Kier molecular flexibility index (Phi) is 11.4. The van der Waals surface area contributed by atoms with Crippen molar-refractivity contribution >= 4 is 30.7 Å². The smallest absolute Gasteiger partial charge is 0.227 e. The molecule has 1 heterocycles. The fourth-order valence-corrected chi connectivity index (χ4v) is 3.21. The van der Waals surface area contributed by atoms with Crippen LogP contribution in [0, 0.1) is 5.41 Å². The fraction of sp³-hybridized carbons (Fsp3) is 0.632. The number of nitrogens with one attached hydrogen (secondary N) is 2. The van der Waals surface area contributed by atoms with Crippen molar-refractivity contribution in [3.8, 4) is 0 Å². The number of hydrogen-bond acceptors (Lipinski definition) is 3. The zero-order valence-electron chi connectivity index (χ0n) is 15.6. The molecule has 1 saturated heterocycles. The molecule has 0 radical (unpaired) electrons. The van der Waals surface area contributed by atoms with Crippen LogP contribution in [-0.2, 0) is 17.9 Å². The van der Waals surface area contributed by atoms with Crippen LogP contribution in [0.1, 0.15) is 44.7 Å². The second-order valence-electron chi connectivity index (χ2n) is 6.75. The number of carbonyl (C=O) groups is 1. The van der Waals surface area contributed by atoms with Gasteiger partial charge in [-0.15, -0.1) is 24.8 Å². The molecule has 1 fully saturated rings. The monoisotopic (exact) mass is 389 g/mol. The maximum atomic E-state index is 12.6. The van der Waals surface area contributed by atoms with Crippen LogP contribution < -0.4 is 10.6 Å². The summed E-state index contributed by atoms with van der Waals surface area (Å²) >= 11 is 0. The Balaban J connectivity index is 0.00000288. The molecule has 1 aromatic rings.